The van der Waals surface area contributed by atoms with Gasteiger partial charge in [0.15, 0.2) is 5.76 Å². The summed E-state index contributed by atoms with van der Waals surface area (Å²) in [4.78, 5) is 13.1. The van der Waals surface area contributed by atoms with Gasteiger partial charge in [0.1, 0.15) is 22.5 Å². The van der Waals surface area contributed by atoms with Crippen molar-refractivity contribution in [2.75, 3.05) is 11.9 Å². The third kappa shape index (κ3) is 5.60. The molecule has 0 aliphatic carbocycles. The molecule has 34 heavy (non-hydrogen) atoms. The van der Waals surface area contributed by atoms with Crippen LogP contribution in [0.5, 0.6) is 0 Å². The molecule has 0 amide bonds. The highest BCUT2D eigenvalue weighted by molar-refractivity contribution is 7.89. The van der Waals surface area contributed by atoms with Crippen molar-refractivity contribution in [3.63, 3.8) is 0 Å². The van der Waals surface area contributed by atoms with Gasteiger partial charge in [-0.25, -0.2) is 32.9 Å². The highest BCUT2D eigenvalue weighted by Crippen LogP contribution is 2.39. The molecule has 0 aliphatic heterocycles. The van der Waals surface area contributed by atoms with Crippen LogP contribution in [0.1, 0.15) is 57.7 Å². The number of nitrogens with two attached hydrogens (primary N) is 1. The molecule has 0 aliphatic rings. The molecule has 3 aromatic rings. The third-order valence-corrected chi connectivity index (χ3v) is 6.49. The fourth-order valence-electron chi connectivity index (χ4n) is 3.42. The number of nitrogens with zero attached hydrogens (tertiary/aromatic N) is 3. The maximum atomic E-state index is 15.7. The van der Waals surface area contributed by atoms with Crippen LogP contribution >= 0.6 is 0 Å². The number of hydrogen-bond donors (Lipinski definition) is 3. The van der Waals surface area contributed by atoms with Gasteiger partial charge >= 0.3 is 0 Å². The highest BCUT2D eigenvalue weighted by atomic mass is 32.2. The molecule has 0 fully saturated rings. The minimum absolute atomic E-state index is 0.0317. The summed E-state index contributed by atoms with van der Waals surface area (Å²) in [5, 5.41) is 16.6. The van der Waals surface area contributed by atoms with Crippen molar-refractivity contribution in [3.8, 4) is 22.7 Å². The second kappa shape index (κ2) is 9.77. The van der Waals surface area contributed by atoms with Crippen LogP contribution in [0.25, 0.3) is 22.7 Å². The van der Waals surface area contributed by atoms with E-state index in [1.165, 1.54) is 18.3 Å². The molecule has 1 aromatic carbocycles. The summed E-state index contributed by atoms with van der Waals surface area (Å²) < 4.78 is 45.9. The lowest BCUT2D eigenvalue weighted by molar-refractivity contribution is 0.208. The number of aliphatic hydroxyl groups is 1. The Morgan fingerprint density at radius 1 is 1.24 bits per heavy atom. The van der Waals surface area contributed by atoms with Crippen LogP contribution in [0.2, 0.25) is 0 Å². The Morgan fingerprint density at radius 3 is 2.53 bits per heavy atom. The van der Waals surface area contributed by atoms with E-state index in [9.17, 15) is 13.5 Å². The van der Waals surface area contributed by atoms with Crippen LogP contribution in [-0.2, 0) is 15.4 Å². The minimum Gasteiger partial charge on any atom is -0.438 e. The summed E-state index contributed by atoms with van der Waals surface area (Å²) in [5.41, 5.74) is 0.0911. The SMILES string of the molecule is CCC(c1cccc(-c2nc(C(C)(C)C)oc2-c2ccnc(NC[C@@H](C)O)n2)c1F)S(N)(=O)=O. The van der Waals surface area contributed by atoms with Crippen molar-refractivity contribution in [3.05, 3.63) is 47.7 Å². The first kappa shape index (κ1) is 25.7. The summed E-state index contributed by atoms with van der Waals surface area (Å²) in [6.45, 7) is 9.21. The van der Waals surface area contributed by atoms with Gasteiger partial charge in [0.05, 0.1) is 6.10 Å². The molecule has 3 rings (SSSR count). The van der Waals surface area contributed by atoms with Crippen molar-refractivity contribution < 1.29 is 22.3 Å². The zero-order valence-corrected chi connectivity index (χ0v) is 20.6. The number of oxazole rings is 1. The van der Waals surface area contributed by atoms with Gasteiger partial charge < -0.3 is 14.8 Å². The van der Waals surface area contributed by atoms with Crippen LogP contribution < -0.4 is 10.5 Å². The number of halogens is 1. The Morgan fingerprint density at radius 2 is 1.94 bits per heavy atom. The van der Waals surface area contributed by atoms with Gasteiger partial charge in [-0.1, -0.05) is 39.8 Å². The summed E-state index contributed by atoms with van der Waals surface area (Å²) in [6, 6.07) is 6.08. The molecule has 2 atom stereocenters. The maximum absolute atomic E-state index is 15.7. The van der Waals surface area contributed by atoms with Crippen molar-refractivity contribution >= 4 is 16.0 Å². The Labute approximate surface area is 198 Å². The number of benzene rings is 1. The highest BCUT2D eigenvalue weighted by Gasteiger charge is 2.30. The fraction of sp³-hybridized carbons (Fsp3) is 0.435. The van der Waals surface area contributed by atoms with Crippen LogP contribution in [-0.4, -0.2) is 41.1 Å². The molecule has 184 valence electrons. The maximum Gasteiger partial charge on any atom is 0.223 e. The normalized spacial score (nSPS) is 14.1. The molecule has 0 radical (unpaired) electrons. The number of aliphatic hydroxyl groups excluding tert-OH is 1. The standard InChI is InChI=1S/C23H30FN5O4S/c1-6-17(34(25,31)32)14-8-7-9-15(18(14)24)19-20(33-21(29-19)23(3,4)5)16-10-11-26-22(28-16)27-12-13(2)30/h7-11,13,17,30H,6,12H2,1-5H3,(H2,25,31,32)(H,26,27,28)/t13-,17?/m1/s1. The molecular formula is C23H30FN5O4S. The monoisotopic (exact) mass is 491 g/mol. The molecule has 9 nitrogen and oxygen atoms in total. The Hall–Kier alpha value is -2.89. The van der Waals surface area contributed by atoms with Crippen molar-refractivity contribution in [2.24, 2.45) is 5.14 Å². The van der Waals surface area contributed by atoms with E-state index < -0.39 is 32.6 Å². The van der Waals surface area contributed by atoms with Crippen molar-refractivity contribution in [2.45, 2.75) is 57.8 Å². The second-order valence-corrected chi connectivity index (χ2v) is 10.9. The molecule has 0 spiro atoms. The second-order valence-electron chi connectivity index (χ2n) is 9.14. The Bertz CT molecular complexity index is 1270. The number of aromatic nitrogens is 3. The predicted octanol–water partition coefficient (Wildman–Crippen LogP) is 3.77. The number of sulfonamides is 1. The molecule has 0 bridgehead atoms. The molecular weight excluding hydrogens is 461 g/mol. The molecule has 11 heteroatoms. The van der Waals surface area contributed by atoms with E-state index in [1.54, 1.807) is 26.0 Å². The third-order valence-electron chi connectivity index (χ3n) is 5.11. The van der Waals surface area contributed by atoms with E-state index >= 15 is 4.39 Å². The van der Waals surface area contributed by atoms with Gasteiger partial charge in [0.2, 0.25) is 21.9 Å². The van der Waals surface area contributed by atoms with Gasteiger partial charge in [0.25, 0.3) is 0 Å². The molecule has 0 saturated carbocycles. The molecule has 2 heterocycles. The van der Waals surface area contributed by atoms with Crippen LogP contribution in [0.4, 0.5) is 10.3 Å². The van der Waals surface area contributed by atoms with E-state index in [4.69, 9.17) is 9.56 Å². The Kier molecular flexibility index (Phi) is 7.39. The zero-order chi connectivity index (χ0) is 25.3. The summed E-state index contributed by atoms with van der Waals surface area (Å²) in [5.74, 6) is 0.0949. The number of nitrogens with one attached hydrogen (secondary N) is 1. The predicted molar refractivity (Wildman–Crippen MR) is 128 cm³/mol. The smallest absolute Gasteiger partial charge is 0.223 e. The summed E-state index contributed by atoms with van der Waals surface area (Å²) in [6.07, 6.45) is 1.02. The molecule has 4 N–H and O–H groups in total. The van der Waals surface area contributed by atoms with E-state index in [2.05, 4.69) is 20.3 Å². The van der Waals surface area contributed by atoms with Crippen molar-refractivity contribution in [1.29, 1.82) is 0 Å². The van der Waals surface area contributed by atoms with Gasteiger partial charge in [-0.05, 0) is 25.5 Å². The average molecular weight is 492 g/mol. The van der Waals surface area contributed by atoms with E-state index in [-0.39, 0.29) is 41.5 Å². The fourth-order valence-corrected chi connectivity index (χ4v) is 4.42. The number of primary sulfonamides is 1. The van der Waals surface area contributed by atoms with Gasteiger partial charge in [-0.3, -0.25) is 0 Å². The first-order chi connectivity index (χ1) is 15.8. The van der Waals surface area contributed by atoms with Crippen LogP contribution in [0.15, 0.2) is 34.9 Å². The molecule has 2 aromatic heterocycles. The number of anilines is 1. The molecule has 0 saturated heterocycles. The van der Waals surface area contributed by atoms with E-state index in [1.807, 2.05) is 20.8 Å². The first-order valence-electron chi connectivity index (χ1n) is 10.9. The zero-order valence-electron chi connectivity index (χ0n) is 19.8. The summed E-state index contributed by atoms with van der Waals surface area (Å²) >= 11 is 0. The van der Waals surface area contributed by atoms with Gasteiger partial charge in [-0.2, -0.15) is 0 Å². The lowest BCUT2D eigenvalue weighted by Gasteiger charge is -2.15. The van der Waals surface area contributed by atoms with Crippen LogP contribution in [0.3, 0.4) is 0 Å². The number of hydrogen-bond acceptors (Lipinski definition) is 8. The molecule has 1 unspecified atom stereocenters. The largest absolute Gasteiger partial charge is 0.438 e. The summed E-state index contributed by atoms with van der Waals surface area (Å²) in [7, 11) is -4.02. The van der Waals surface area contributed by atoms with Crippen LogP contribution in [0, 0.1) is 5.82 Å². The first-order valence-corrected chi connectivity index (χ1v) is 12.5. The minimum atomic E-state index is -4.02. The average Bonchev–Trinajstić information content (AvgIpc) is 3.19. The van der Waals surface area contributed by atoms with Gasteiger partial charge in [0, 0.05) is 29.3 Å². The number of rotatable bonds is 8. The van der Waals surface area contributed by atoms with Gasteiger partial charge in [-0.15, -0.1) is 0 Å². The van der Waals surface area contributed by atoms with Crippen molar-refractivity contribution in [1.82, 2.24) is 15.0 Å². The lowest BCUT2D eigenvalue weighted by atomic mass is 9.97. The quantitative estimate of drug-likeness (QED) is 0.432. The topological polar surface area (TPSA) is 144 Å². The Balaban J connectivity index is 2.20. The lowest BCUT2D eigenvalue weighted by Crippen LogP contribution is -2.22. The van der Waals surface area contributed by atoms with E-state index in [0.717, 1.165) is 0 Å². The van der Waals surface area contributed by atoms with E-state index in [0.29, 0.717) is 11.6 Å².